The van der Waals surface area contributed by atoms with E-state index in [1.54, 1.807) is 17.9 Å². The average Bonchev–Trinajstić information content (AvgIpc) is 3.46. The van der Waals surface area contributed by atoms with E-state index in [0.717, 1.165) is 57.3 Å². The van der Waals surface area contributed by atoms with Crippen molar-refractivity contribution in [3.05, 3.63) is 40.7 Å². The van der Waals surface area contributed by atoms with E-state index in [1.165, 1.54) is 32.8 Å². The Morgan fingerprint density at radius 1 is 1.15 bits per heavy atom. The first-order chi connectivity index (χ1) is 15.8. The Morgan fingerprint density at radius 2 is 1.79 bits per heavy atom. The van der Waals surface area contributed by atoms with Crippen LogP contribution in [0.4, 0.5) is 16.2 Å². The summed E-state index contributed by atoms with van der Waals surface area (Å²) in [4.78, 5) is 15.2. The Balaban J connectivity index is 0.00000274. The van der Waals surface area contributed by atoms with Crippen molar-refractivity contribution in [1.82, 2.24) is 19.4 Å². The summed E-state index contributed by atoms with van der Waals surface area (Å²) in [6.45, 7) is 4.94. The minimum atomic E-state index is -4.11. The van der Waals surface area contributed by atoms with Crippen molar-refractivity contribution in [2.75, 3.05) is 35.8 Å². The molecule has 9 nitrogen and oxygen atoms in total. The summed E-state index contributed by atoms with van der Waals surface area (Å²) in [6, 6.07) is 1.57. The molecule has 0 spiro atoms. The van der Waals surface area contributed by atoms with Crippen LogP contribution in [0.1, 0.15) is 42.0 Å². The smallest absolute Gasteiger partial charge is 0.307 e. The van der Waals surface area contributed by atoms with Gasteiger partial charge in [-0.25, -0.2) is 13.8 Å². The zero-order chi connectivity index (χ0) is 23.2. The van der Waals surface area contributed by atoms with Crippen molar-refractivity contribution >= 4 is 57.2 Å². The molecule has 2 aromatic rings. The number of nitrogens with zero attached hydrogens (tertiary/aromatic N) is 4. The van der Waals surface area contributed by atoms with Crippen molar-refractivity contribution in [3.63, 3.8) is 0 Å². The molecule has 1 aliphatic heterocycles. The second kappa shape index (κ2) is 10.2. The van der Waals surface area contributed by atoms with Gasteiger partial charge >= 0.3 is 16.2 Å². The number of hydrogen-bond acceptors (Lipinski definition) is 5. The van der Waals surface area contributed by atoms with Crippen LogP contribution >= 0.6 is 0 Å². The fourth-order valence-corrected chi connectivity index (χ4v) is 6.54. The van der Waals surface area contributed by atoms with Crippen LogP contribution in [0, 0.1) is 5.92 Å². The van der Waals surface area contributed by atoms with Gasteiger partial charge in [0, 0.05) is 74.7 Å². The van der Waals surface area contributed by atoms with Crippen molar-refractivity contribution in [3.8, 4) is 0 Å². The van der Waals surface area contributed by atoms with Crippen molar-refractivity contribution in [1.29, 1.82) is 0 Å². The molecule has 0 unspecified atom stereocenters. The minimum Gasteiger partial charge on any atom is -0.307 e. The van der Waals surface area contributed by atoms with E-state index in [-0.39, 0.29) is 36.1 Å². The van der Waals surface area contributed by atoms with E-state index in [2.05, 4.69) is 33.0 Å². The fourth-order valence-electron chi connectivity index (χ4n) is 5.45. The molecule has 5 rings (SSSR count). The molecule has 2 heterocycles. The van der Waals surface area contributed by atoms with Crippen LogP contribution in [0.15, 0.2) is 18.5 Å². The van der Waals surface area contributed by atoms with Crippen molar-refractivity contribution < 1.29 is 13.2 Å². The molecule has 1 fully saturated rings. The first-order valence-corrected chi connectivity index (χ1v) is 13.2. The van der Waals surface area contributed by atoms with Gasteiger partial charge in [0.15, 0.2) is 0 Å². The third-order valence-corrected chi connectivity index (χ3v) is 8.38. The quantitative estimate of drug-likeness (QED) is 0.571. The molecule has 11 heteroatoms. The number of fused-ring (bicyclic) bond motifs is 2. The number of benzene rings is 1. The number of nitrogens with one attached hydrogen (secondary N) is 2. The van der Waals surface area contributed by atoms with Gasteiger partial charge in [-0.2, -0.15) is 13.5 Å². The molecule has 1 aromatic heterocycles. The number of likely N-dealkylation sites (tertiary alicyclic amines) is 1. The summed E-state index contributed by atoms with van der Waals surface area (Å²) in [5, 5.41) is 7.03. The molecule has 1 radical (unpaired) electrons. The van der Waals surface area contributed by atoms with E-state index in [4.69, 9.17) is 0 Å². The molecule has 1 saturated heterocycles. The second-order valence-corrected chi connectivity index (χ2v) is 11.2. The number of hydrogen-bond donors (Lipinski definition) is 2. The Labute approximate surface area is 223 Å². The van der Waals surface area contributed by atoms with Crippen LogP contribution in [-0.4, -0.2) is 84.9 Å². The van der Waals surface area contributed by atoms with Crippen LogP contribution in [0.5, 0.6) is 0 Å². The molecule has 0 bridgehead atoms. The van der Waals surface area contributed by atoms with Gasteiger partial charge in [0.2, 0.25) is 0 Å². The molecule has 179 valence electrons. The predicted molar refractivity (Wildman–Crippen MR) is 133 cm³/mol. The molecular formula is C23H32N6NaO3S. The van der Waals surface area contributed by atoms with Gasteiger partial charge in [0.1, 0.15) is 0 Å². The third kappa shape index (κ3) is 5.16. The van der Waals surface area contributed by atoms with Gasteiger partial charge in [-0.15, -0.1) is 0 Å². The summed E-state index contributed by atoms with van der Waals surface area (Å²) >= 11 is 0. The number of carbonyl (C=O) groups is 1. The summed E-state index contributed by atoms with van der Waals surface area (Å²) in [5.41, 5.74) is 6.17. The van der Waals surface area contributed by atoms with Crippen LogP contribution in [0.3, 0.4) is 0 Å². The molecule has 2 N–H and O–H groups in total. The van der Waals surface area contributed by atoms with Crippen molar-refractivity contribution in [2.24, 2.45) is 13.0 Å². The fraction of sp³-hybridized carbons (Fsp3) is 0.565. The molecule has 34 heavy (non-hydrogen) atoms. The predicted octanol–water partition coefficient (Wildman–Crippen LogP) is 1.84. The number of rotatable bonds is 7. The van der Waals surface area contributed by atoms with Gasteiger partial charge < -0.3 is 10.2 Å². The standard InChI is InChI=1S/C23H32N6O3S.Na/c1-16-13-28(14-16)9-10-29(19-12-24-27(2)15-19)33(31,32)26-23(30)25-22-20-7-3-5-17(20)11-18-6-4-8-21(18)22;/h11-12,15-16H,3-10,13-14H2,1-2H3,(H2,25,26,30);. The Hall–Kier alpha value is -1.59. The Kier molecular flexibility index (Phi) is 7.64. The summed E-state index contributed by atoms with van der Waals surface area (Å²) in [6.07, 6.45) is 9.15. The first-order valence-electron chi connectivity index (χ1n) is 11.8. The zero-order valence-electron chi connectivity index (χ0n) is 20.3. The maximum absolute atomic E-state index is 13.3. The zero-order valence-corrected chi connectivity index (χ0v) is 23.1. The maximum atomic E-state index is 13.3. The Bertz CT molecular complexity index is 1140. The number of urea groups is 1. The number of aromatic nitrogens is 2. The van der Waals surface area contributed by atoms with Gasteiger partial charge in [-0.3, -0.25) is 4.68 Å². The molecule has 1 aromatic carbocycles. The van der Waals surface area contributed by atoms with E-state index in [0.29, 0.717) is 18.2 Å². The topological polar surface area (TPSA) is 99.6 Å². The number of amides is 2. The van der Waals surface area contributed by atoms with Gasteiger partial charge in [0.25, 0.3) is 0 Å². The van der Waals surface area contributed by atoms with E-state index < -0.39 is 16.2 Å². The molecule has 0 saturated carbocycles. The number of aryl methyl sites for hydroxylation is 3. The molecule has 0 atom stereocenters. The van der Waals surface area contributed by atoms with E-state index in [1.807, 2.05) is 0 Å². The largest absolute Gasteiger partial charge is 0.334 e. The van der Waals surface area contributed by atoms with E-state index >= 15 is 0 Å². The van der Waals surface area contributed by atoms with Crippen LogP contribution in [-0.2, 0) is 42.9 Å². The first kappa shape index (κ1) is 25.5. The summed E-state index contributed by atoms with van der Waals surface area (Å²) < 4.78 is 31.6. The average molecular weight is 496 g/mol. The number of anilines is 2. The molecular weight excluding hydrogens is 463 g/mol. The normalized spacial score (nSPS) is 17.5. The third-order valence-electron chi connectivity index (χ3n) is 6.96. The Morgan fingerprint density at radius 3 is 2.35 bits per heavy atom. The SMILES string of the molecule is CC1CN(CCN(c2cnn(C)c2)S(=O)(=O)NC(=O)Nc2c3c(cc4c2CCC4)CCC3)C1.[Na]. The van der Waals surface area contributed by atoms with E-state index in [9.17, 15) is 13.2 Å². The van der Waals surface area contributed by atoms with Crippen LogP contribution in [0.2, 0.25) is 0 Å². The molecule has 2 amide bonds. The molecule has 3 aliphatic rings. The van der Waals surface area contributed by atoms with Gasteiger partial charge in [-0.1, -0.05) is 13.0 Å². The van der Waals surface area contributed by atoms with Crippen molar-refractivity contribution in [2.45, 2.75) is 45.4 Å². The monoisotopic (exact) mass is 495 g/mol. The van der Waals surface area contributed by atoms with Crippen LogP contribution < -0.4 is 14.3 Å². The summed E-state index contributed by atoms with van der Waals surface area (Å²) in [7, 11) is -2.37. The summed E-state index contributed by atoms with van der Waals surface area (Å²) in [5.74, 6) is 0.631. The maximum Gasteiger partial charge on any atom is 0.334 e. The molecule has 2 aliphatic carbocycles. The second-order valence-electron chi connectivity index (χ2n) is 9.60. The number of carbonyl (C=O) groups excluding carboxylic acids is 1. The van der Waals surface area contributed by atoms with Gasteiger partial charge in [0.05, 0.1) is 11.9 Å². The van der Waals surface area contributed by atoms with Gasteiger partial charge in [-0.05, 0) is 66.7 Å². The minimum absolute atomic E-state index is 0. The van der Waals surface area contributed by atoms with Crippen LogP contribution in [0.25, 0.3) is 0 Å².